The van der Waals surface area contributed by atoms with Gasteiger partial charge >= 0.3 is 0 Å². The van der Waals surface area contributed by atoms with Crippen LogP contribution in [0.3, 0.4) is 0 Å². The highest BCUT2D eigenvalue weighted by Crippen LogP contribution is 2.34. The second kappa shape index (κ2) is 8.57. The number of hydrogen-bond donors (Lipinski definition) is 3. The fraction of sp³-hybridized carbons (Fsp3) is 0.500. The third-order valence-electron chi connectivity index (χ3n) is 6.36. The zero-order valence-corrected chi connectivity index (χ0v) is 18.5. The van der Waals surface area contributed by atoms with Crippen molar-refractivity contribution in [3.8, 4) is 10.6 Å². The zero-order chi connectivity index (χ0) is 21.4. The van der Waals surface area contributed by atoms with E-state index in [2.05, 4.69) is 27.1 Å². The predicted molar refractivity (Wildman–Crippen MR) is 125 cm³/mol. The number of rotatable bonds is 5. The molecule has 1 saturated carbocycles. The van der Waals surface area contributed by atoms with Gasteiger partial charge in [-0.2, -0.15) is 4.98 Å². The van der Waals surface area contributed by atoms with E-state index in [4.69, 9.17) is 9.97 Å². The number of H-pyrrole nitrogens is 1. The van der Waals surface area contributed by atoms with Crippen LogP contribution in [0.5, 0.6) is 0 Å². The minimum Gasteiger partial charge on any atom is -0.396 e. The summed E-state index contributed by atoms with van der Waals surface area (Å²) in [4.78, 5) is 30.3. The molecule has 0 spiro atoms. The van der Waals surface area contributed by atoms with Crippen LogP contribution in [-0.2, 0) is 0 Å². The molecular weight excluding hydrogens is 412 g/mol. The normalized spacial score (nSPS) is 22.3. The van der Waals surface area contributed by atoms with Gasteiger partial charge in [-0.15, -0.1) is 11.3 Å². The van der Waals surface area contributed by atoms with E-state index in [0.717, 1.165) is 55.7 Å². The van der Waals surface area contributed by atoms with Crippen molar-refractivity contribution in [1.82, 2.24) is 19.9 Å². The number of aromatic nitrogens is 3. The standard InChI is InChI=1S/C22H28N6O2S/c1-27-8-10-28(11-9-27)22-25-19(23-15-7-6-14(12-15)13-29)18(20(30)26-22)21-24-16-4-2-3-5-17(16)31-21/h2-5,14-15,29H,6-13H2,1H3,(H2,23,25,26,30). The van der Waals surface area contributed by atoms with Gasteiger partial charge in [0.1, 0.15) is 16.4 Å². The molecule has 0 radical (unpaired) electrons. The Morgan fingerprint density at radius 1 is 1.19 bits per heavy atom. The number of hydrogen-bond acceptors (Lipinski definition) is 8. The predicted octanol–water partition coefficient (Wildman–Crippen LogP) is 2.37. The molecule has 2 unspecified atom stereocenters. The molecule has 2 fully saturated rings. The van der Waals surface area contributed by atoms with E-state index in [1.165, 1.54) is 11.3 Å². The van der Waals surface area contributed by atoms with E-state index in [9.17, 15) is 9.90 Å². The van der Waals surface area contributed by atoms with E-state index < -0.39 is 0 Å². The lowest BCUT2D eigenvalue weighted by Gasteiger charge is -2.33. The second-order valence-corrected chi connectivity index (χ2v) is 9.62. The molecule has 1 saturated heterocycles. The first-order chi connectivity index (χ1) is 15.1. The first-order valence-corrected chi connectivity index (χ1v) is 11.7. The van der Waals surface area contributed by atoms with Gasteiger partial charge in [-0.3, -0.25) is 9.78 Å². The molecular formula is C22H28N6O2S. The molecule has 164 valence electrons. The van der Waals surface area contributed by atoms with Gasteiger partial charge in [-0.05, 0) is 44.4 Å². The van der Waals surface area contributed by atoms with Crippen LogP contribution in [0.2, 0.25) is 0 Å². The first kappa shape index (κ1) is 20.4. The molecule has 3 aromatic rings. The summed E-state index contributed by atoms with van der Waals surface area (Å²) in [7, 11) is 2.11. The van der Waals surface area contributed by atoms with Crippen LogP contribution >= 0.6 is 11.3 Å². The number of likely N-dealkylation sites (N-methyl/N-ethyl adjacent to an activating group) is 1. The maximum atomic E-state index is 13.3. The van der Waals surface area contributed by atoms with E-state index in [1.54, 1.807) is 0 Å². The topological polar surface area (TPSA) is 97.4 Å². The summed E-state index contributed by atoms with van der Waals surface area (Å²) < 4.78 is 1.05. The quantitative estimate of drug-likeness (QED) is 0.560. The highest BCUT2D eigenvalue weighted by Gasteiger charge is 2.27. The van der Waals surface area contributed by atoms with Crippen molar-refractivity contribution in [2.75, 3.05) is 50.1 Å². The average molecular weight is 441 g/mol. The molecule has 1 aliphatic heterocycles. The molecule has 1 aromatic carbocycles. The highest BCUT2D eigenvalue weighted by atomic mass is 32.1. The van der Waals surface area contributed by atoms with Crippen molar-refractivity contribution in [1.29, 1.82) is 0 Å². The number of nitrogens with zero attached hydrogens (tertiary/aromatic N) is 4. The number of fused-ring (bicyclic) bond motifs is 1. The van der Waals surface area contributed by atoms with Crippen molar-refractivity contribution in [3.63, 3.8) is 0 Å². The number of nitrogens with one attached hydrogen (secondary N) is 2. The third-order valence-corrected chi connectivity index (χ3v) is 7.41. The molecule has 2 aliphatic rings. The summed E-state index contributed by atoms with van der Waals surface area (Å²) in [6.07, 6.45) is 2.83. The van der Waals surface area contributed by atoms with Gasteiger partial charge in [0.25, 0.3) is 5.56 Å². The number of thiazole rings is 1. The van der Waals surface area contributed by atoms with E-state index in [-0.39, 0.29) is 18.2 Å². The number of benzene rings is 1. The summed E-state index contributed by atoms with van der Waals surface area (Å²) in [5.41, 5.74) is 1.23. The van der Waals surface area contributed by atoms with E-state index in [1.807, 2.05) is 24.3 Å². The molecule has 9 heteroatoms. The number of aliphatic hydroxyl groups is 1. The number of piperazine rings is 1. The molecule has 1 aliphatic carbocycles. The Morgan fingerprint density at radius 3 is 2.74 bits per heavy atom. The Hall–Kier alpha value is -2.49. The van der Waals surface area contributed by atoms with Gasteiger partial charge in [-0.25, -0.2) is 4.98 Å². The van der Waals surface area contributed by atoms with Crippen LogP contribution in [-0.4, -0.2) is 70.8 Å². The summed E-state index contributed by atoms with van der Waals surface area (Å²) in [5.74, 6) is 1.52. The number of aromatic amines is 1. The second-order valence-electron chi connectivity index (χ2n) is 8.59. The smallest absolute Gasteiger partial charge is 0.264 e. The number of aliphatic hydroxyl groups excluding tert-OH is 1. The van der Waals surface area contributed by atoms with Crippen LogP contribution in [0.25, 0.3) is 20.8 Å². The molecule has 2 atom stereocenters. The summed E-state index contributed by atoms with van der Waals surface area (Å²) in [6, 6.07) is 8.12. The molecule has 0 bridgehead atoms. The molecule has 3 N–H and O–H groups in total. The maximum Gasteiger partial charge on any atom is 0.264 e. The number of para-hydroxylation sites is 1. The SMILES string of the molecule is CN1CCN(c2nc(NC3CCC(CO)C3)c(-c3nc4ccccc4s3)c(=O)[nH]2)CC1. The Bertz CT molecular complexity index is 1090. The molecule has 0 amide bonds. The van der Waals surface area contributed by atoms with Crippen LogP contribution in [0.1, 0.15) is 19.3 Å². The third kappa shape index (κ3) is 4.17. The van der Waals surface area contributed by atoms with Crippen LogP contribution < -0.4 is 15.8 Å². The maximum absolute atomic E-state index is 13.3. The molecule has 3 heterocycles. The fourth-order valence-electron chi connectivity index (χ4n) is 4.48. The Labute approximate surface area is 184 Å². The van der Waals surface area contributed by atoms with E-state index >= 15 is 0 Å². The Morgan fingerprint density at radius 2 is 2.00 bits per heavy atom. The van der Waals surface area contributed by atoms with Gasteiger partial charge in [0, 0.05) is 38.8 Å². The van der Waals surface area contributed by atoms with Crippen molar-refractivity contribution in [2.24, 2.45) is 5.92 Å². The lowest BCUT2D eigenvalue weighted by atomic mass is 10.1. The minimum absolute atomic E-state index is 0.165. The van der Waals surface area contributed by atoms with Crippen molar-refractivity contribution in [2.45, 2.75) is 25.3 Å². The monoisotopic (exact) mass is 440 g/mol. The summed E-state index contributed by atoms with van der Waals surface area (Å²) in [5, 5.41) is 13.7. The van der Waals surface area contributed by atoms with Crippen LogP contribution in [0.15, 0.2) is 29.1 Å². The zero-order valence-electron chi connectivity index (χ0n) is 17.7. The molecule has 31 heavy (non-hydrogen) atoms. The number of anilines is 2. The molecule has 2 aromatic heterocycles. The molecule has 8 nitrogen and oxygen atoms in total. The lowest BCUT2D eigenvalue weighted by Crippen LogP contribution is -2.45. The highest BCUT2D eigenvalue weighted by molar-refractivity contribution is 7.21. The van der Waals surface area contributed by atoms with Crippen molar-refractivity contribution >= 4 is 33.3 Å². The van der Waals surface area contributed by atoms with Crippen LogP contribution in [0, 0.1) is 5.92 Å². The van der Waals surface area contributed by atoms with Crippen molar-refractivity contribution < 1.29 is 5.11 Å². The van der Waals surface area contributed by atoms with Gasteiger partial charge in [0.05, 0.1) is 10.2 Å². The summed E-state index contributed by atoms with van der Waals surface area (Å²) >= 11 is 1.51. The van der Waals surface area contributed by atoms with Gasteiger partial charge < -0.3 is 20.2 Å². The molecule has 5 rings (SSSR count). The van der Waals surface area contributed by atoms with E-state index in [0.29, 0.717) is 28.3 Å². The average Bonchev–Trinajstić information content (AvgIpc) is 3.40. The Kier molecular flexibility index (Phi) is 5.64. The van der Waals surface area contributed by atoms with Gasteiger partial charge in [0.15, 0.2) is 0 Å². The van der Waals surface area contributed by atoms with Crippen molar-refractivity contribution in [3.05, 3.63) is 34.6 Å². The fourth-order valence-corrected chi connectivity index (χ4v) is 5.49. The van der Waals surface area contributed by atoms with Gasteiger partial charge in [0.2, 0.25) is 5.95 Å². The first-order valence-electron chi connectivity index (χ1n) is 10.9. The lowest BCUT2D eigenvalue weighted by molar-refractivity contribution is 0.229. The Balaban J connectivity index is 1.54. The summed E-state index contributed by atoms with van der Waals surface area (Å²) in [6.45, 7) is 3.74. The minimum atomic E-state index is -0.165. The largest absolute Gasteiger partial charge is 0.396 e. The van der Waals surface area contributed by atoms with Gasteiger partial charge in [-0.1, -0.05) is 12.1 Å². The van der Waals surface area contributed by atoms with Crippen LogP contribution in [0.4, 0.5) is 11.8 Å².